The fourth-order valence-electron chi connectivity index (χ4n) is 2.58. The van der Waals surface area contributed by atoms with Crippen molar-refractivity contribution in [3.63, 3.8) is 0 Å². The highest BCUT2D eigenvalue weighted by molar-refractivity contribution is 6.03. The first-order chi connectivity index (χ1) is 13.3. The molecule has 0 bridgehead atoms. The lowest BCUT2D eigenvalue weighted by Gasteiger charge is -2.13. The topological polar surface area (TPSA) is 66.9 Å². The zero-order chi connectivity index (χ0) is 20.1. The van der Waals surface area contributed by atoms with Crippen LogP contribution in [0.5, 0.6) is 0 Å². The van der Waals surface area contributed by atoms with Crippen LogP contribution in [0, 0.1) is 6.92 Å². The Morgan fingerprint density at radius 1 is 1.04 bits per heavy atom. The van der Waals surface area contributed by atoms with Crippen LogP contribution in [0.3, 0.4) is 0 Å². The number of aryl methyl sites for hydroxylation is 1. The number of alkyl halides is 3. The third-order valence-corrected chi connectivity index (χ3v) is 4.07. The number of benzene rings is 2. The van der Waals surface area contributed by atoms with Crippen molar-refractivity contribution in [3.8, 4) is 0 Å². The van der Waals surface area contributed by atoms with Crippen molar-refractivity contribution in [2.75, 3.05) is 10.6 Å². The average molecular weight is 386 g/mol. The summed E-state index contributed by atoms with van der Waals surface area (Å²) in [7, 11) is 0. The van der Waals surface area contributed by atoms with E-state index in [1.165, 1.54) is 30.5 Å². The fraction of sp³-hybridized carbons (Fsp3) is 0.150. The van der Waals surface area contributed by atoms with Crippen LogP contribution in [0.15, 0.2) is 60.8 Å². The van der Waals surface area contributed by atoms with Crippen molar-refractivity contribution >= 4 is 17.5 Å². The molecule has 2 aromatic carbocycles. The number of aromatic nitrogens is 2. The Kier molecular flexibility index (Phi) is 5.58. The Morgan fingerprint density at radius 2 is 1.75 bits per heavy atom. The van der Waals surface area contributed by atoms with Crippen molar-refractivity contribution in [1.82, 2.24) is 9.97 Å². The first kappa shape index (κ1) is 19.3. The summed E-state index contributed by atoms with van der Waals surface area (Å²) in [6, 6.07) is 13.9. The summed E-state index contributed by atoms with van der Waals surface area (Å²) in [5.41, 5.74) is 0.843. The number of anilines is 2. The Morgan fingerprint density at radius 3 is 2.50 bits per heavy atom. The zero-order valence-electron chi connectivity index (χ0n) is 14.9. The summed E-state index contributed by atoms with van der Waals surface area (Å²) in [6.45, 7) is 2.43. The summed E-state index contributed by atoms with van der Waals surface area (Å²) in [6.07, 6.45) is -3.20. The number of hydrogen-bond donors (Lipinski definition) is 2. The number of carbonyl (C=O) groups excluding carboxylic acids is 1. The van der Waals surface area contributed by atoms with Gasteiger partial charge in [0.05, 0.1) is 11.3 Å². The smallest absolute Gasteiger partial charge is 0.350 e. The van der Waals surface area contributed by atoms with Crippen molar-refractivity contribution < 1.29 is 18.0 Å². The second-order valence-electron chi connectivity index (χ2n) is 6.04. The van der Waals surface area contributed by atoms with Gasteiger partial charge in [-0.05, 0) is 36.2 Å². The molecule has 0 spiro atoms. The van der Waals surface area contributed by atoms with E-state index in [1.54, 1.807) is 0 Å². The molecule has 3 aromatic rings. The maximum absolute atomic E-state index is 13.1. The highest BCUT2D eigenvalue weighted by Crippen LogP contribution is 2.34. The van der Waals surface area contributed by atoms with E-state index in [2.05, 4.69) is 20.6 Å². The van der Waals surface area contributed by atoms with E-state index in [9.17, 15) is 18.0 Å². The molecule has 0 unspecified atom stereocenters. The molecule has 0 aliphatic heterocycles. The van der Waals surface area contributed by atoms with Crippen LogP contribution in [-0.4, -0.2) is 15.9 Å². The minimum atomic E-state index is -4.57. The maximum atomic E-state index is 13.1. The van der Waals surface area contributed by atoms with Crippen molar-refractivity contribution in [2.45, 2.75) is 19.6 Å². The van der Waals surface area contributed by atoms with E-state index in [-0.39, 0.29) is 17.3 Å². The van der Waals surface area contributed by atoms with Crippen LogP contribution in [0.25, 0.3) is 0 Å². The third-order valence-electron chi connectivity index (χ3n) is 4.07. The van der Waals surface area contributed by atoms with Gasteiger partial charge in [-0.15, -0.1) is 0 Å². The van der Waals surface area contributed by atoms with E-state index in [4.69, 9.17) is 0 Å². The molecular weight excluding hydrogens is 369 g/mol. The molecule has 0 aliphatic carbocycles. The van der Waals surface area contributed by atoms with Crippen LogP contribution in [0.2, 0.25) is 0 Å². The summed E-state index contributed by atoms with van der Waals surface area (Å²) in [4.78, 5) is 20.5. The summed E-state index contributed by atoms with van der Waals surface area (Å²) in [5, 5.41) is 5.28. The first-order valence-corrected chi connectivity index (χ1v) is 8.43. The lowest BCUT2D eigenvalue weighted by molar-refractivity contribution is -0.136. The molecule has 0 radical (unpaired) electrons. The molecule has 0 saturated heterocycles. The Bertz CT molecular complexity index is 989. The van der Waals surface area contributed by atoms with Crippen LogP contribution in [-0.2, 0) is 12.7 Å². The van der Waals surface area contributed by atoms with Gasteiger partial charge in [-0.25, -0.2) is 9.97 Å². The highest BCUT2D eigenvalue weighted by atomic mass is 19.4. The second kappa shape index (κ2) is 8.08. The van der Waals surface area contributed by atoms with Crippen molar-refractivity contribution in [3.05, 3.63) is 83.2 Å². The number of halogens is 3. The molecular formula is C20H17F3N4O. The molecule has 0 saturated carbocycles. The number of amides is 1. The predicted molar refractivity (Wildman–Crippen MR) is 99.9 cm³/mol. The zero-order valence-corrected chi connectivity index (χ0v) is 14.9. The van der Waals surface area contributed by atoms with E-state index < -0.39 is 17.6 Å². The third kappa shape index (κ3) is 4.64. The minimum Gasteiger partial charge on any atom is -0.350 e. The molecule has 1 heterocycles. The molecule has 144 valence electrons. The molecule has 0 aliphatic rings. The van der Waals surface area contributed by atoms with Gasteiger partial charge in [0.1, 0.15) is 5.69 Å². The lowest BCUT2D eigenvalue weighted by atomic mass is 10.1. The normalized spacial score (nSPS) is 11.1. The SMILES string of the molecule is Cc1ccccc1CNc1nccc(C(=O)Nc2ccccc2C(F)(F)F)n1. The van der Waals surface area contributed by atoms with Crippen molar-refractivity contribution in [2.24, 2.45) is 0 Å². The van der Waals surface area contributed by atoms with E-state index in [0.717, 1.165) is 17.2 Å². The molecule has 5 nitrogen and oxygen atoms in total. The molecule has 0 fully saturated rings. The number of para-hydroxylation sites is 1. The predicted octanol–water partition coefficient (Wildman–Crippen LogP) is 4.67. The van der Waals surface area contributed by atoms with Gasteiger partial charge in [-0.2, -0.15) is 13.2 Å². The quantitative estimate of drug-likeness (QED) is 0.669. The lowest BCUT2D eigenvalue weighted by Crippen LogP contribution is -2.18. The number of nitrogens with zero attached hydrogens (tertiary/aromatic N) is 2. The van der Waals surface area contributed by atoms with Crippen LogP contribution < -0.4 is 10.6 Å². The average Bonchev–Trinajstić information content (AvgIpc) is 2.67. The first-order valence-electron chi connectivity index (χ1n) is 8.43. The van der Waals surface area contributed by atoms with E-state index in [1.807, 2.05) is 31.2 Å². The van der Waals surface area contributed by atoms with Crippen LogP contribution in [0.4, 0.5) is 24.8 Å². The molecule has 1 aromatic heterocycles. The standard InChI is InChI=1S/C20H17F3N4O/c1-13-6-2-3-7-14(13)12-25-19-24-11-10-17(27-19)18(28)26-16-9-5-4-8-15(16)20(21,22)23/h2-11H,12H2,1H3,(H,26,28)(H,24,25,27). The molecule has 0 atom stereocenters. The monoisotopic (exact) mass is 386 g/mol. The Balaban J connectivity index is 1.74. The number of rotatable bonds is 5. The van der Waals surface area contributed by atoms with Gasteiger partial charge < -0.3 is 10.6 Å². The Labute approximate surface area is 159 Å². The summed E-state index contributed by atoms with van der Waals surface area (Å²) in [5.74, 6) is -0.543. The number of hydrogen-bond acceptors (Lipinski definition) is 4. The van der Waals surface area contributed by atoms with Gasteiger partial charge in [0, 0.05) is 12.7 Å². The van der Waals surface area contributed by atoms with Gasteiger partial charge in [-0.3, -0.25) is 4.79 Å². The number of carbonyl (C=O) groups is 1. The highest BCUT2D eigenvalue weighted by Gasteiger charge is 2.33. The molecule has 8 heteroatoms. The molecule has 28 heavy (non-hydrogen) atoms. The maximum Gasteiger partial charge on any atom is 0.418 e. The van der Waals surface area contributed by atoms with Gasteiger partial charge in [0.2, 0.25) is 5.95 Å². The van der Waals surface area contributed by atoms with Gasteiger partial charge in [-0.1, -0.05) is 36.4 Å². The molecule has 2 N–H and O–H groups in total. The van der Waals surface area contributed by atoms with Crippen LogP contribution >= 0.6 is 0 Å². The number of nitrogens with one attached hydrogen (secondary N) is 2. The molecule has 1 amide bonds. The fourth-order valence-corrected chi connectivity index (χ4v) is 2.58. The van der Waals surface area contributed by atoms with Gasteiger partial charge in [0.25, 0.3) is 5.91 Å². The summed E-state index contributed by atoms with van der Waals surface area (Å²) >= 11 is 0. The van der Waals surface area contributed by atoms with E-state index >= 15 is 0 Å². The second-order valence-corrected chi connectivity index (χ2v) is 6.04. The summed E-state index contributed by atoms with van der Waals surface area (Å²) < 4.78 is 39.2. The minimum absolute atomic E-state index is 0.0424. The van der Waals surface area contributed by atoms with Crippen molar-refractivity contribution in [1.29, 1.82) is 0 Å². The van der Waals surface area contributed by atoms with Gasteiger partial charge >= 0.3 is 6.18 Å². The largest absolute Gasteiger partial charge is 0.418 e. The van der Waals surface area contributed by atoms with Gasteiger partial charge in [0.15, 0.2) is 0 Å². The van der Waals surface area contributed by atoms with Crippen LogP contribution in [0.1, 0.15) is 27.2 Å². The van der Waals surface area contributed by atoms with E-state index in [0.29, 0.717) is 6.54 Å². The molecule has 3 rings (SSSR count). The Hall–Kier alpha value is -3.42.